The van der Waals surface area contributed by atoms with Crippen LogP contribution in [-0.4, -0.2) is 55.8 Å². The zero-order chi connectivity index (χ0) is 13.1. The van der Waals surface area contributed by atoms with E-state index in [4.69, 9.17) is 0 Å². The number of carbonyl (C=O) groups excluding carboxylic acids is 1. The van der Waals surface area contributed by atoms with Crippen LogP contribution in [0.1, 0.15) is 20.8 Å². The molecule has 0 aromatic carbocycles. The summed E-state index contributed by atoms with van der Waals surface area (Å²) in [5, 5.41) is 9.40. The van der Waals surface area contributed by atoms with Crippen LogP contribution in [0.2, 0.25) is 0 Å². The van der Waals surface area contributed by atoms with Crippen molar-refractivity contribution < 1.29 is 18.3 Å². The number of aliphatic hydroxyl groups is 1. The highest BCUT2D eigenvalue weighted by molar-refractivity contribution is 7.90. The Morgan fingerprint density at radius 3 is 2.12 bits per heavy atom. The maximum atomic E-state index is 11.6. The minimum Gasteiger partial charge on any atom is -0.382 e. The van der Waals surface area contributed by atoms with Gasteiger partial charge in [-0.2, -0.15) is 0 Å². The molecule has 0 aliphatic carbocycles. The second kappa shape index (κ2) is 5.11. The van der Waals surface area contributed by atoms with E-state index in [1.54, 1.807) is 0 Å². The van der Waals surface area contributed by atoms with Gasteiger partial charge in [0.2, 0.25) is 10.0 Å². The molecular formula is C9H20N2O4S. The summed E-state index contributed by atoms with van der Waals surface area (Å²) in [6.07, 6.45) is -1.35. The number of sulfonamides is 1. The Hall–Kier alpha value is -0.660. The van der Waals surface area contributed by atoms with Crippen molar-refractivity contribution in [3.63, 3.8) is 0 Å². The van der Waals surface area contributed by atoms with Crippen LogP contribution in [0.5, 0.6) is 0 Å². The molecule has 0 aromatic rings. The Kier molecular flexibility index (Phi) is 4.90. The van der Waals surface area contributed by atoms with Crippen molar-refractivity contribution in [2.75, 3.05) is 20.6 Å². The van der Waals surface area contributed by atoms with Crippen LogP contribution in [0.15, 0.2) is 0 Å². The second-order valence-electron chi connectivity index (χ2n) is 4.71. The van der Waals surface area contributed by atoms with Gasteiger partial charge < -0.3 is 10.0 Å². The average molecular weight is 252 g/mol. The number of nitrogens with zero attached hydrogens (tertiary/aromatic N) is 1. The van der Waals surface area contributed by atoms with Crippen molar-refractivity contribution in [2.45, 2.75) is 31.6 Å². The molecule has 0 rings (SSSR count). The molecule has 0 saturated carbocycles. The standard InChI is InChI=1S/C9H20N2O4S/c1-9(2,3)16(14,15)10-6-7(12)8(13)11(4)5/h7,10,12H,6H2,1-5H3/t7-/m0/s1. The van der Waals surface area contributed by atoms with E-state index in [2.05, 4.69) is 4.72 Å². The van der Waals surface area contributed by atoms with E-state index in [0.717, 1.165) is 0 Å². The molecule has 0 fully saturated rings. The van der Waals surface area contributed by atoms with Crippen LogP contribution >= 0.6 is 0 Å². The monoisotopic (exact) mass is 252 g/mol. The minimum absolute atomic E-state index is 0.309. The molecule has 1 atom stereocenters. The molecular weight excluding hydrogens is 232 g/mol. The van der Waals surface area contributed by atoms with Gasteiger partial charge in [-0.3, -0.25) is 4.79 Å². The van der Waals surface area contributed by atoms with Gasteiger partial charge in [0.15, 0.2) is 0 Å². The number of nitrogens with one attached hydrogen (secondary N) is 1. The normalized spacial score (nSPS) is 14.6. The smallest absolute Gasteiger partial charge is 0.252 e. The van der Waals surface area contributed by atoms with Gasteiger partial charge >= 0.3 is 0 Å². The van der Waals surface area contributed by atoms with Crippen LogP contribution in [0.4, 0.5) is 0 Å². The first-order valence-corrected chi connectivity index (χ1v) is 6.36. The minimum atomic E-state index is -3.53. The topological polar surface area (TPSA) is 86.7 Å². The highest BCUT2D eigenvalue weighted by Gasteiger charge is 2.30. The van der Waals surface area contributed by atoms with E-state index in [-0.39, 0.29) is 6.54 Å². The molecule has 7 heteroatoms. The Labute approximate surface area is 96.7 Å². The molecule has 6 nitrogen and oxygen atoms in total. The number of rotatable bonds is 4. The van der Waals surface area contributed by atoms with Crippen molar-refractivity contribution in [1.82, 2.24) is 9.62 Å². The van der Waals surface area contributed by atoms with E-state index < -0.39 is 26.8 Å². The molecule has 0 bridgehead atoms. The van der Waals surface area contributed by atoms with Crippen molar-refractivity contribution in [2.24, 2.45) is 0 Å². The number of aliphatic hydroxyl groups excluding tert-OH is 1. The summed E-state index contributed by atoms with van der Waals surface area (Å²) in [5.74, 6) is -0.531. The van der Waals surface area contributed by atoms with Gasteiger partial charge in [0.05, 0.1) is 4.75 Å². The molecule has 0 aromatic heterocycles. The van der Waals surface area contributed by atoms with Gasteiger partial charge in [0.25, 0.3) is 5.91 Å². The van der Waals surface area contributed by atoms with Gasteiger partial charge in [0, 0.05) is 20.6 Å². The quantitative estimate of drug-likeness (QED) is 0.682. The average Bonchev–Trinajstić information content (AvgIpc) is 2.11. The highest BCUT2D eigenvalue weighted by atomic mass is 32.2. The molecule has 0 unspecified atom stereocenters. The SMILES string of the molecule is CN(C)C(=O)[C@@H](O)CNS(=O)(=O)C(C)(C)C. The number of amides is 1. The van der Waals surface area contributed by atoms with Crippen LogP contribution in [0.25, 0.3) is 0 Å². The molecule has 1 amide bonds. The predicted octanol–water partition coefficient (Wildman–Crippen LogP) is -0.847. The lowest BCUT2D eigenvalue weighted by Crippen LogP contribution is -2.46. The fourth-order valence-electron chi connectivity index (χ4n) is 0.791. The lowest BCUT2D eigenvalue weighted by molar-refractivity contribution is -0.137. The van der Waals surface area contributed by atoms with Gasteiger partial charge in [-0.1, -0.05) is 0 Å². The third-order valence-electron chi connectivity index (χ3n) is 2.00. The molecule has 0 aliphatic heterocycles. The van der Waals surface area contributed by atoms with E-state index in [0.29, 0.717) is 0 Å². The molecule has 96 valence electrons. The molecule has 0 radical (unpaired) electrons. The van der Waals surface area contributed by atoms with Crippen molar-refractivity contribution in [1.29, 1.82) is 0 Å². The van der Waals surface area contributed by atoms with Crippen molar-refractivity contribution in [3.05, 3.63) is 0 Å². The molecule has 16 heavy (non-hydrogen) atoms. The second-order valence-corrected chi connectivity index (χ2v) is 7.23. The van der Waals surface area contributed by atoms with E-state index in [1.807, 2.05) is 0 Å². The lowest BCUT2D eigenvalue weighted by Gasteiger charge is -2.22. The van der Waals surface area contributed by atoms with Gasteiger partial charge in [-0.15, -0.1) is 0 Å². The molecule has 0 spiro atoms. The van der Waals surface area contributed by atoms with Gasteiger partial charge in [0.1, 0.15) is 6.10 Å². The number of carbonyl (C=O) groups is 1. The summed E-state index contributed by atoms with van der Waals surface area (Å²) in [6, 6.07) is 0. The lowest BCUT2D eigenvalue weighted by atomic mass is 10.3. The van der Waals surface area contributed by atoms with Crippen molar-refractivity contribution in [3.8, 4) is 0 Å². The molecule has 0 aliphatic rings. The predicted molar refractivity (Wildman–Crippen MR) is 61.4 cm³/mol. The molecule has 2 N–H and O–H groups in total. The molecule has 0 heterocycles. The molecule has 0 saturated heterocycles. The zero-order valence-electron chi connectivity index (χ0n) is 10.3. The summed E-state index contributed by atoms with van der Waals surface area (Å²) < 4.78 is 24.4. The van der Waals surface area contributed by atoms with Crippen LogP contribution in [0, 0.1) is 0 Å². The van der Waals surface area contributed by atoms with Gasteiger partial charge in [-0.25, -0.2) is 13.1 Å². The summed E-state index contributed by atoms with van der Waals surface area (Å²) in [5.41, 5.74) is 0. The first kappa shape index (κ1) is 15.3. The van der Waals surface area contributed by atoms with Gasteiger partial charge in [-0.05, 0) is 20.8 Å². The van der Waals surface area contributed by atoms with Crippen LogP contribution in [0.3, 0.4) is 0 Å². The zero-order valence-corrected chi connectivity index (χ0v) is 11.1. The Balaban J connectivity index is 4.44. The van der Waals surface area contributed by atoms with Crippen LogP contribution < -0.4 is 4.72 Å². The fourth-order valence-corrected chi connectivity index (χ4v) is 1.60. The third kappa shape index (κ3) is 4.07. The number of hydrogen-bond donors (Lipinski definition) is 2. The first-order valence-electron chi connectivity index (χ1n) is 4.87. The van der Waals surface area contributed by atoms with E-state index in [9.17, 15) is 18.3 Å². The van der Waals surface area contributed by atoms with E-state index >= 15 is 0 Å². The maximum absolute atomic E-state index is 11.6. The van der Waals surface area contributed by atoms with Crippen LogP contribution in [-0.2, 0) is 14.8 Å². The fraction of sp³-hybridized carbons (Fsp3) is 0.889. The first-order chi connectivity index (χ1) is 6.99. The van der Waals surface area contributed by atoms with E-state index in [1.165, 1.54) is 39.8 Å². The number of hydrogen-bond acceptors (Lipinski definition) is 4. The summed E-state index contributed by atoms with van der Waals surface area (Å²) in [7, 11) is -0.553. The summed E-state index contributed by atoms with van der Waals surface area (Å²) >= 11 is 0. The Bertz CT molecular complexity index is 343. The summed E-state index contributed by atoms with van der Waals surface area (Å²) in [4.78, 5) is 12.5. The van der Waals surface area contributed by atoms with Crippen molar-refractivity contribution >= 4 is 15.9 Å². The largest absolute Gasteiger partial charge is 0.382 e. The maximum Gasteiger partial charge on any atom is 0.252 e. The Morgan fingerprint density at radius 2 is 1.81 bits per heavy atom. The third-order valence-corrected chi connectivity index (χ3v) is 4.16. The Morgan fingerprint density at radius 1 is 1.38 bits per heavy atom. The summed E-state index contributed by atoms with van der Waals surface area (Å²) in [6.45, 7) is 4.30. The highest BCUT2D eigenvalue weighted by Crippen LogP contribution is 2.12. The number of likely N-dealkylation sites (N-methyl/N-ethyl adjacent to an activating group) is 1.